The quantitative estimate of drug-likeness (QED) is 0.260. The summed E-state index contributed by atoms with van der Waals surface area (Å²) >= 11 is 1.74. The number of imide groups is 1. The molecule has 40 heavy (non-hydrogen) atoms. The van der Waals surface area contributed by atoms with Crippen LogP contribution in [0.1, 0.15) is 64.5 Å². The third-order valence-electron chi connectivity index (χ3n) is 7.03. The number of aryl methyl sites for hydroxylation is 2. The number of rotatable bonds is 8. The van der Waals surface area contributed by atoms with Crippen LogP contribution in [0.15, 0.2) is 41.4 Å². The molecule has 204 valence electrons. The molecule has 2 aliphatic rings. The predicted molar refractivity (Wildman–Crippen MR) is 153 cm³/mol. The van der Waals surface area contributed by atoms with E-state index in [-0.39, 0.29) is 24.3 Å². The minimum Gasteiger partial charge on any atom is -0.345 e. The number of nitrogens with zero attached hydrogens (tertiary/aromatic N) is 5. The van der Waals surface area contributed by atoms with Gasteiger partial charge in [0.25, 0.3) is 11.8 Å². The molecule has 2 aromatic heterocycles. The maximum absolute atomic E-state index is 12.1. The van der Waals surface area contributed by atoms with Gasteiger partial charge in [-0.15, -0.1) is 21.5 Å². The van der Waals surface area contributed by atoms with E-state index >= 15 is 0 Å². The van der Waals surface area contributed by atoms with E-state index in [0.717, 1.165) is 45.5 Å². The van der Waals surface area contributed by atoms with Gasteiger partial charge in [-0.25, -0.2) is 0 Å². The van der Waals surface area contributed by atoms with Crippen molar-refractivity contribution in [1.29, 1.82) is 0 Å². The Balaban J connectivity index is 1.13. The molecule has 0 unspecified atom stereocenters. The van der Waals surface area contributed by atoms with Crippen LogP contribution in [0.4, 0.5) is 0 Å². The first-order valence-corrected chi connectivity index (χ1v) is 14.1. The number of carbonyl (C=O) groups is 3. The second kappa shape index (κ2) is 11.8. The van der Waals surface area contributed by atoms with E-state index in [1.165, 1.54) is 27.5 Å². The molecule has 4 heterocycles. The van der Waals surface area contributed by atoms with Crippen LogP contribution >= 0.6 is 11.3 Å². The van der Waals surface area contributed by atoms with Gasteiger partial charge >= 0.3 is 0 Å². The fourth-order valence-electron chi connectivity index (χ4n) is 4.76. The summed E-state index contributed by atoms with van der Waals surface area (Å²) in [5, 5.41) is 12.5. The Morgan fingerprint density at radius 3 is 2.52 bits per heavy atom. The molecule has 0 fully saturated rings. The van der Waals surface area contributed by atoms with Crippen LogP contribution in [0.3, 0.4) is 0 Å². The zero-order chi connectivity index (χ0) is 28.2. The summed E-state index contributed by atoms with van der Waals surface area (Å²) in [7, 11) is 0. The SMILES string of the molecule is Cc1sc2c(c1C)C(c1ccc(C#CCNC(=O)CCCCCN3C(=O)C=CC3=O)cc1)=NCc1nnc(C)n1-2. The molecule has 3 aromatic rings. The van der Waals surface area contributed by atoms with E-state index < -0.39 is 0 Å². The molecule has 2 aliphatic heterocycles. The summed E-state index contributed by atoms with van der Waals surface area (Å²) < 4.78 is 2.11. The van der Waals surface area contributed by atoms with Crippen molar-refractivity contribution in [2.75, 3.05) is 13.1 Å². The van der Waals surface area contributed by atoms with Gasteiger partial charge in [0.05, 0.1) is 12.3 Å². The number of amides is 3. The molecule has 1 aromatic carbocycles. The second-order valence-electron chi connectivity index (χ2n) is 9.76. The van der Waals surface area contributed by atoms with Crippen molar-refractivity contribution in [3.05, 3.63) is 75.2 Å². The lowest BCUT2D eigenvalue weighted by Crippen LogP contribution is -2.30. The van der Waals surface area contributed by atoms with Crippen LogP contribution in [-0.4, -0.2) is 56.2 Å². The molecule has 0 saturated carbocycles. The maximum Gasteiger partial charge on any atom is 0.253 e. The smallest absolute Gasteiger partial charge is 0.253 e. The highest BCUT2D eigenvalue weighted by molar-refractivity contribution is 7.15. The molecular formula is C30H30N6O3S. The van der Waals surface area contributed by atoms with E-state index in [1.807, 2.05) is 31.2 Å². The van der Waals surface area contributed by atoms with Gasteiger partial charge < -0.3 is 5.32 Å². The highest BCUT2D eigenvalue weighted by atomic mass is 32.1. The Morgan fingerprint density at radius 1 is 1.02 bits per heavy atom. The second-order valence-corrected chi connectivity index (χ2v) is 11.0. The van der Waals surface area contributed by atoms with Crippen molar-refractivity contribution >= 4 is 34.8 Å². The van der Waals surface area contributed by atoms with Crippen LogP contribution in [-0.2, 0) is 20.9 Å². The molecule has 3 amide bonds. The van der Waals surface area contributed by atoms with E-state index in [1.54, 1.807) is 11.3 Å². The molecule has 9 nitrogen and oxygen atoms in total. The monoisotopic (exact) mass is 554 g/mol. The summed E-state index contributed by atoms with van der Waals surface area (Å²) in [5.74, 6) is 7.23. The fraction of sp³-hybridized carbons (Fsp3) is 0.333. The normalized spacial score (nSPS) is 13.9. The number of unbranched alkanes of at least 4 members (excludes halogenated alkanes) is 2. The lowest BCUT2D eigenvalue weighted by atomic mass is 9.99. The molecule has 0 saturated heterocycles. The molecule has 1 N–H and O–H groups in total. The highest BCUT2D eigenvalue weighted by Crippen LogP contribution is 2.36. The number of nitrogens with one attached hydrogen (secondary N) is 1. The molecule has 0 spiro atoms. The summed E-state index contributed by atoms with van der Waals surface area (Å²) in [6, 6.07) is 8.03. The summed E-state index contributed by atoms with van der Waals surface area (Å²) in [6.45, 7) is 7.35. The first kappa shape index (κ1) is 27.2. The van der Waals surface area contributed by atoms with Gasteiger partial charge in [0.15, 0.2) is 5.82 Å². The standard InChI is InChI=1S/C30H30N6O3S/c1-19-20(2)40-30-28(19)29(32-18-24-34-33-21(3)36(24)30)23-12-10-22(11-13-23)8-7-16-31-25(37)9-5-4-6-17-35-26(38)14-15-27(35)39/h10-15H,4-6,9,16-18H2,1-3H3,(H,31,37). The number of fused-ring (bicyclic) bond motifs is 3. The zero-order valence-corrected chi connectivity index (χ0v) is 23.6. The van der Waals surface area contributed by atoms with Crippen molar-refractivity contribution < 1.29 is 14.4 Å². The zero-order valence-electron chi connectivity index (χ0n) is 22.8. The van der Waals surface area contributed by atoms with Crippen molar-refractivity contribution in [3.8, 4) is 16.8 Å². The lowest BCUT2D eigenvalue weighted by Gasteiger charge is -2.12. The van der Waals surface area contributed by atoms with Gasteiger partial charge in [-0.2, -0.15) is 0 Å². The van der Waals surface area contributed by atoms with Crippen LogP contribution in [0.2, 0.25) is 0 Å². The first-order valence-electron chi connectivity index (χ1n) is 13.3. The van der Waals surface area contributed by atoms with Crippen molar-refractivity contribution in [2.45, 2.75) is 53.0 Å². The lowest BCUT2D eigenvalue weighted by molar-refractivity contribution is -0.136. The van der Waals surface area contributed by atoms with E-state index in [4.69, 9.17) is 4.99 Å². The number of hydrogen-bond acceptors (Lipinski definition) is 7. The molecule has 0 bridgehead atoms. The van der Waals surface area contributed by atoms with E-state index in [0.29, 0.717) is 32.4 Å². The number of aliphatic imine (C=N–C) groups is 1. The van der Waals surface area contributed by atoms with Gasteiger partial charge in [0.2, 0.25) is 5.91 Å². The Labute approximate surface area is 237 Å². The Bertz CT molecular complexity index is 1580. The fourth-order valence-corrected chi connectivity index (χ4v) is 5.98. The average molecular weight is 555 g/mol. The van der Waals surface area contributed by atoms with E-state index in [2.05, 4.69) is 45.8 Å². The molecule has 0 atom stereocenters. The largest absolute Gasteiger partial charge is 0.345 e. The Kier molecular flexibility index (Phi) is 8.03. The van der Waals surface area contributed by atoms with E-state index in [9.17, 15) is 14.4 Å². The first-order chi connectivity index (χ1) is 19.3. The third-order valence-corrected chi connectivity index (χ3v) is 8.22. The van der Waals surface area contributed by atoms with Crippen LogP contribution in [0.5, 0.6) is 0 Å². The van der Waals surface area contributed by atoms with Crippen molar-refractivity contribution in [2.24, 2.45) is 4.99 Å². The van der Waals surface area contributed by atoms with Crippen LogP contribution < -0.4 is 5.32 Å². The van der Waals surface area contributed by atoms with Gasteiger partial charge in [0, 0.05) is 46.7 Å². The summed E-state index contributed by atoms with van der Waals surface area (Å²) in [5.41, 5.74) is 5.17. The van der Waals surface area contributed by atoms with Crippen molar-refractivity contribution in [1.82, 2.24) is 25.0 Å². The maximum atomic E-state index is 12.1. The summed E-state index contributed by atoms with van der Waals surface area (Å²) in [4.78, 5) is 42.6. The summed E-state index contributed by atoms with van der Waals surface area (Å²) in [6.07, 6.45) is 5.10. The molecular weight excluding hydrogens is 524 g/mol. The average Bonchev–Trinajstić information content (AvgIpc) is 3.53. The van der Waals surface area contributed by atoms with Crippen LogP contribution in [0.25, 0.3) is 5.00 Å². The van der Waals surface area contributed by atoms with Gasteiger partial charge in [-0.3, -0.25) is 28.8 Å². The van der Waals surface area contributed by atoms with Gasteiger partial charge in [-0.05, 0) is 51.3 Å². The van der Waals surface area contributed by atoms with Gasteiger partial charge in [0.1, 0.15) is 17.4 Å². The van der Waals surface area contributed by atoms with Crippen LogP contribution in [0, 0.1) is 32.6 Å². The molecule has 10 heteroatoms. The molecule has 0 radical (unpaired) electrons. The number of benzene rings is 1. The molecule has 5 rings (SSSR count). The highest BCUT2D eigenvalue weighted by Gasteiger charge is 2.26. The Morgan fingerprint density at radius 2 is 1.77 bits per heavy atom. The molecule has 0 aliphatic carbocycles. The number of thiophene rings is 1. The number of carbonyl (C=O) groups excluding carboxylic acids is 3. The number of hydrogen-bond donors (Lipinski definition) is 1. The van der Waals surface area contributed by atoms with Crippen molar-refractivity contribution in [3.63, 3.8) is 0 Å². The minimum absolute atomic E-state index is 0.0614. The third kappa shape index (κ3) is 5.65. The topological polar surface area (TPSA) is 110 Å². The van der Waals surface area contributed by atoms with Gasteiger partial charge in [-0.1, -0.05) is 30.4 Å². The Hall–Kier alpha value is -4.36. The number of aromatic nitrogens is 3. The minimum atomic E-state index is -0.267. The predicted octanol–water partition coefficient (Wildman–Crippen LogP) is 3.56.